The zero-order valence-electron chi connectivity index (χ0n) is 13.7. The number of methoxy groups -OCH3 is 1. The molecule has 1 atom stereocenters. The highest BCUT2D eigenvalue weighted by Crippen LogP contribution is 2.30. The first-order valence-corrected chi connectivity index (χ1v) is 8.48. The lowest BCUT2D eigenvalue weighted by atomic mass is 9.86. The van der Waals surface area contributed by atoms with E-state index in [0.29, 0.717) is 12.5 Å². The van der Waals surface area contributed by atoms with E-state index in [1.807, 2.05) is 0 Å². The van der Waals surface area contributed by atoms with E-state index in [4.69, 9.17) is 4.74 Å². The molecule has 3 aliphatic rings. The van der Waals surface area contributed by atoms with Crippen molar-refractivity contribution in [2.45, 2.75) is 38.1 Å². The summed E-state index contributed by atoms with van der Waals surface area (Å²) in [5.74, 6) is 0.306. The molecule has 0 aromatic carbocycles. The molecule has 1 aliphatic carbocycles. The maximum absolute atomic E-state index is 12.9. The number of hydrogen-bond acceptors (Lipinski definition) is 4. The molecule has 1 unspecified atom stereocenters. The fourth-order valence-corrected chi connectivity index (χ4v) is 4.28. The third kappa shape index (κ3) is 3.58. The molecule has 3 rings (SSSR count). The van der Waals surface area contributed by atoms with Gasteiger partial charge in [0.1, 0.15) is 0 Å². The first kappa shape index (κ1) is 18.0. The van der Waals surface area contributed by atoms with Gasteiger partial charge < -0.3 is 15.0 Å². The second-order valence-corrected chi connectivity index (χ2v) is 6.91. The van der Waals surface area contributed by atoms with Crippen molar-refractivity contribution in [2.75, 3.05) is 53.0 Å². The highest BCUT2D eigenvalue weighted by atomic mass is 35.5. The van der Waals surface area contributed by atoms with Crippen LogP contribution in [0.2, 0.25) is 0 Å². The van der Waals surface area contributed by atoms with Gasteiger partial charge in [0, 0.05) is 45.9 Å². The molecule has 0 spiro atoms. The van der Waals surface area contributed by atoms with E-state index in [1.165, 1.54) is 25.7 Å². The Morgan fingerprint density at radius 2 is 1.91 bits per heavy atom. The van der Waals surface area contributed by atoms with Crippen LogP contribution in [0.25, 0.3) is 0 Å². The monoisotopic (exact) mass is 331 g/mol. The number of carbonyl (C=O) groups is 1. The molecule has 128 valence electrons. The molecule has 22 heavy (non-hydrogen) atoms. The first-order chi connectivity index (χ1) is 10.2. The van der Waals surface area contributed by atoms with E-state index in [9.17, 15) is 4.79 Å². The van der Waals surface area contributed by atoms with Gasteiger partial charge in [-0.05, 0) is 25.8 Å². The highest BCUT2D eigenvalue weighted by Gasteiger charge is 2.44. The van der Waals surface area contributed by atoms with Gasteiger partial charge in [0.05, 0.1) is 12.0 Å². The molecule has 1 amide bonds. The molecule has 1 N–H and O–H groups in total. The lowest BCUT2D eigenvalue weighted by molar-refractivity contribution is -0.146. The van der Waals surface area contributed by atoms with Gasteiger partial charge in [-0.15, -0.1) is 12.4 Å². The van der Waals surface area contributed by atoms with Crippen molar-refractivity contribution in [1.82, 2.24) is 15.1 Å². The number of nitrogens with one attached hydrogen (secondary N) is 1. The Labute approximate surface area is 140 Å². The largest absolute Gasteiger partial charge is 0.384 e. The SMILES string of the molecule is COCC1(C(=O)N2CCN(C3CCCC3)CC2)CCNC1.Cl. The van der Waals surface area contributed by atoms with Crippen molar-refractivity contribution in [3.8, 4) is 0 Å². The summed E-state index contributed by atoms with van der Waals surface area (Å²) >= 11 is 0. The van der Waals surface area contributed by atoms with Crippen molar-refractivity contribution in [2.24, 2.45) is 5.41 Å². The van der Waals surface area contributed by atoms with Gasteiger partial charge in [0.15, 0.2) is 0 Å². The van der Waals surface area contributed by atoms with E-state index in [0.717, 1.165) is 51.7 Å². The summed E-state index contributed by atoms with van der Waals surface area (Å²) in [6.45, 7) is 6.11. The molecule has 2 saturated heterocycles. The maximum atomic E-state index is 12.9. The maximum Gasteiger partial charge on any atom is 0.232 e. The van der Waals surface area contributed by atoms with Crippen molar-refractivity contribution < 1.29 is 9.53 Å². The van der Waals surface area contributed by atoms with Crippen LogP contribution < -0.4 is 5.32 Å². The molecule has 5 nitrogen and oxygen atoms in total. The van der Waals surface area contributed by atoms with Crippen LogP contribution in [0.1, 0.15) is 32.1 Å². The minimum atomic E-state index is -0.315. The number of piperazine rings is 1. The summed E-state index contributed by atoms with van der Waals surface area (Å²) in [5, 5.41) is 3.33. The summed E-state index contributed by atoms with van der Waals surface area (Å²) < 4.78 is 5.35. The Morgan fingerprint density at radius 3 is 2.45 bits per heavy atom. The van der Waals surface area contributed by atoms with Gasteiger partial charge >= 0.3 is 0 Å². The predicted molar refractivity (Wildman–Crippen MR) is 89.5 cm³/mol. The molecule has 0 aromatic rings. The minimum absolute atomic E-state index is 0. The second-order valence-electron chi connectivity index (χ2n) is 6.91. The van der Waals surface area contributed by atoms with Gasteiger partial charge in [-0.2, -0.15) is 0 Å². The van der Waals surface area contributed by atoms with Gasteiger partial charge in [-0.25, -0.2) is 0 Å². The molecule has 3 fully saturated rings. The van der Waals surface area contributed by atoms with E-state index in [2.05, 4.69) is 15.1 Å². The number of halogens is 1. The van der Waals surface area contributed by atoms with Crippen molar-refractivity contribution in [3.63, 3.8) is 0 Å². The standard InChI is InChI=1S/C16H29N3O2.ClH/c1-21-13-16(6-7-17-12-16)15(20)19-10-8-18(9-11-19)14-4-2-3-5-14;/h14,17H,2-13H2,1H3;1H. The molecular weight excluding hydrogens is 302 g/mol. The average molecular weight is 332 g/mol. The Hall–Kier alpha value is -0.360. The zero-order valence-corrected chi connectivity index (χ0v) is 14.5. The van der Waals surface area contributed by atoms with Crippen LogP contribution in [-0.4, -0.2) is 74.7 Å². The summed E-state index contributed by atoms with van der Waals surface area (Å²) in [5.41, 5.74) is -0.315. The minimum Gasteiger partial charge on any atom is -0.384 e. The zero-order chi connectivity index (χ0) is 14.7. The van der Waals surface area contributed by atoms with Crippen LogP contribution in [0.5, 0.6) is 0 Å². The lowest BCUT2D eigenvalue weighted by Gasteiger charge is -2.41. The molecule has 0 bridgehead atoms. The Morgan fingerprint density at radius 1 is 1.23 bits per heavy atom. The quantitative estimate of drug-likeness (QED) is 0.838. The van der Waals surface area contributed by atoms with E-state index in [1.54, 1.807) is 7.11 Å². The molecule has 1 saturated carbocycles. The Bertz CT molecular complexity index is 360. The molecule has 6 heteroatoms. The van der Waals surface area contributed by atoms with Crippen molar-refractivity contribution >= 4 is 18.3 Å². The van der Waals surface area contributed by atoms with E-state index < -0.39 is 0 Å². The molecule has 0 radical (unpaired) electrons. The topological polar surface area (TPSA) is 44.8 Å². The fourth-order valence-electron chi connectivity index (χ4n) is 4.28. The molecule has 2 aliphatic heterocycles. The summed E-state index contributed by atoms with van der Waals surface area (Å²) in [4.78, 5) is 17.6. The van der Waals surface area contributed by atoms with Gasteiger partial charge in [0.25, 0.3) is 0 Å². The Balaban J connectivity index is 0.00000176. The number of amides is 1. The summed E-state index contributed by atoms with van der Waals surface area (Å²) in [7, 11) is 1.70. The third-order valence-electron chi connectivity index (χ3n) is 5.56. The van der Waals surface area contributed by atoms with Crippen LogP contribution in [0.3, 0.4) is 0 Å². The number of carbonyl (C=O) groups excluding carboxylic acids is 1. The third-order valence-corrected chi connectivity index (χ3v) is 5.56. The fraction of sp³-hybridized carbons (Fsp3) is 0.938. The van der Waals surface area contributed by atoms with Crippen LogP contribution in [-0.2, 0) is 9.53 Å². The van der Waals surface area contributed by atoms with Gasteiger partial charge in [0.2, 0.25) is 5.91 Å². The molecule has 2 heterocycles. The molecular formula is C16H30ClN3O2. The van der Waals surface area contributed by atoms with Gasteiger partial charge in [-0.1, -0.05) is 12.8 Å². The number of nitrogens with zero attached hydrogens (tertiary/aromatic N) is 2. The second kappa shape index (κ2) is 7.95. The van der Waals surface area contributed by atoms with Crippen LogP contribution in [0, 0.1) is 5.41 Å². The summed E-state index contributed by atoms with van der Waals surface area (Å²) in [6, 6.07) is 0.781. The van der Waals surface area contributed by atoms with Crippen LogP contribution in [0.4, 0.5) is 0 Å². The number of ether oxygens (including phenoxy) is 1. The van der Waals surface area contributed by atoms with Crippen LogP contribution >= 0.6 is 12.4 Å². The predicted octanol–water partition coefficient (Wildman–Crippen LogP) is 1.12. The first-order valence-electron chi connectivity index (χ1n) is 8.48. The highest BCUT2D eigenvalue weighted by molar-refractivity contribution is 5.85. The summed E-state index contributed by atoms with van der Waals surface area (Å²) in [6.07, 6.45) is 6.37. The van der Waals surface area contributed by atoms with E-state index in [-0.39, 0.29) is 17.8 Å². The Kier molecular flexibility index (Phi) is 6.50. The lowest BCUT2D eigenvalue weighted by Crippen LogP contribution is -2.56. The smallest absolute Gasteiger partial charge is 0.232 e. The average Bonchev–Trinajstić information content (AvgIpc) is 3.19. The van der Waals surface area contributed by atoms with Crippen molar-refractivity contribution in [3.05, 3.63) is 0 Å². The number of rotatable bonds is 4. The van der Waals surface area contributed by atoms with Crippen molar-refractivity contribution in [1.29, 1.82) is 0 Å². The van der Waals surface area contributed by atoms with Crippen LogP contribution in [0.15, 0.2) is 0 Å². The van der Waals surface area contributed by atoms with Gasteiger partial charge in [-0.3, -0.25) is 9.69 Å². The normalized spacial score (nSPS) is 30.5. The van der Waals surface area contributed by atoms with E-state index >= 15 is 0 Å². The molecule has 0 aromatic heterocycles. The number of hydrogen-bond donors (Lipinski definition) is 1.